The van der Waals surface area contributed by atoms with Crippen molar-refractivity contribution in [1.82, 2.24) is 24.6 Å². The van der Waals surface area contributed by atoms with Crippen LogP contribution in [-0.4, -0.2) is 94.7 Å². The lowest BCUT2D eigenvalue weighted by Gasteiger charge is -2.58. The van der Waals surface area contributed by atoms with Gasteiger partial charge >= 0.3 is 5.69 Å². The van der Waals surface area contributed by atoms with Crippen molar-refractivity contribution in [1.29, 1.82) is 0 Å². The molecule has 0 radical (unpaired) electrons. The minimum atomic E-state index is -4.64. The van der Waals surface area contributed by atoms with Gasteiger partial charge in [-0.2, -0.15) is 0 Å². The highest BCUT2D eigenvalue weighted by molar-refractivity contribution is 7.90. The SMILES string of the molecule is CC1CN(C2CC3(CCN(c4ccc(C(=O)NS(=O)(=O)c5cnc(NCC6CCC(C)(O)CC6)c([N+](=O)[O-])c5)c(Oc5cnc6[nH]ccc6c5)c4)CC3)C2)[C@H](c2ccccc2C(C)C)CO1. The van der Waals surface area contributed by atoms with Crippen LogP contribution in [0.4, 0.5) is 17.2 Å². The number of anilines is 2. The van der Waals surface area contributed by atoms with Crippen LogP contribution in [0.1, 0.15) is 113 Å². The summed E-state index contributed by atoms with van der Waals surface area (Å²) in [6, 6.07) is 19.1. The molecule has 5 heterocycles. The van der Waals surface area contributed by atoms with E-state index in [1.54, 1.807) is 37.4 Å². The van der Waals surface area contributed by atoms with Crippen molar-refractivity contribution in [3.8, 4) is 11.5 Å². The summed E-state index contributed by atoms with van der Waals surface area (Å²) in [7, 11) is -4.64. The quantitative estimate of drug-likeness (QED) is 0.0647. The Labute approximate surface area is 385 Å². The van der Waals surface area contributed by atoms with Crippen LogP contribution in [0.3, 0.4) is 0 Å². The smallest absolute Gasteiger partial charge is 0.312 e. The van der Waals surface area contributed by atoms with Crippen molar-refractivity contribution in [2.24, 2.45) is 11.3 Å². The number of fused-ring (bicyclic) bond motifs is 1. The molecular weight excluding hydrogens is 861 g/mol. The molecule has 2 aromatic carbocycles. The lowest BCUT2D eigenvalue weighted by atomic mass is 9.59. The molecule has 5 aromatic rings. The number of nitrogens with zero attached hydrogens (tertiary/aromatic N) is 5. The van der Waals surface area contributed by atoms with Crippen molar-refractivity contribution in [3.63, 3.8) is 0 Å². The van der Waals surface area contributed by atoms with Crippen LogP contribution >= 0.6 is 0 Å². The standard InChI is InChI=1S/C49H60N8O8S/c1-31(2)39-7-5-6-8-40(39)43-30-64-32(3)29-56(43)36-24-49(25-36)16-19-55(20-17-49)35-9-10-41(44(22-35)65-37-21-34-13-18-50-45(34)52-27-37)47(58)54-66(62,63)38-23-42(57(60)61)46(53-28-38)51-26-33-11-14-48(4,59)15-12-33/h5-10,13,18,21-23,27-28,31-33,36,43,59H,11-12,14-17,19-20,24-26,29-30H2,1-4H3,(H,50,52)(H,51,53)(H,54,58)/t32?,33?,43-,48?/m0/s1. The monoisotopic (exact) mass is 920 g/mol. The second-order valence-electron chi connectivity index (χ2n) is 19.6. The summed E-state index contributed by atoms with van der Waals surface area (Å²) in [5.74, 6) is 0.0125. The first-order valence-corrected chi connectivity index (χ1v) is 24.7. The van der Waals surface area contributed by atoms with Crippen molar-refractivity contribution in [2.75, 3.05) is 43.0 Å². The normalized spacial score (nSPS) is 23.7. The third kappa shape index (κ3) is 9.62. The van der Waals surface area contributed by atoms with Gasteiger partial charge in [0.2, 0.25) is 5.82 Å². The van der Waals surface area contributed by atoms with Gasteiger partial charge in [0, 0.05) is 61.6 Å². The van der Waals surface area contributed by atoms with Crippen molar-refractivity contribution in [2.45, 2.75) is 114 Å². The molecule has 2 aliphatic heterocycles. The van der Waals surface area contributed by atoms with Crippen molar-refractivity contribution in [3.05, 3.63) is 106 Å². The molecule has 0 bridgehead atoms. The molecule has 4 N–H and O–H groups in total. The van der Waals surface area contributed by atoms with E-state index in [2.05, 4.69) is 79.8 Å². The van der Waals surface area contributed by atoms with Gasteiger partial charge in [-0.25, -0.2) is 23.1 Å². The molecule has 1 unspecified atom stereocenters. The average molecular weight is 921 g/mol. The van der Waals surface area contributed by atoms with E-state index in [9.17, 15) is 28.4 Å². The summed E-state index contributed by atoms with van der Waals surface area (Å²) >= 11 is 0. The summed E-state index contributed by atoms with van der Waals surface area (Å²) in [4.78, 5) is 41.5. The minimum absolute atomic E-state index is 0.0488. The highest BCUT2D eigenvalue weighted by atomic mass is 32.2. The average Bonchev–Trinajstić information content (AvgIpc) is 3.76. The van der Waals surface area contributed by atoms with Gasteiger partial charge in [-0.3, -0.25) is 19.8 Å². The van der Waals surface area contributed by atoms with Gasteiger partial charge in [-0.15, -0.1) is 0 Å². The lowest BCUT2D eigenvalue weighted by molar-refractivity contribution is -0.384. The Morgan fingerprint density at radius 3 is 2.55 bits per heavy atom. The number of carbonyl (C=O) groups is 1. The predicted molar refractivity (Wildman–Crippen MR) is 252 cm³/mol. The number of pyridine rings is 2. The first kappa shape index (κ1) is 45.5. The number of benzene rings is 2. The molecule has 4 aliphatic rings. The van der Waals surface area contributed by atoms with E-state index in [4.69, 9.17) is 9.47 Å². The number of carbonyl (C=O) groups excluding carboxylic acids is 1. The number of morpholine rings is 1. The molecular formula is C49H60N8O8S. The molecule has 16 nitrogen and oxygen atoms in total. The largest absolute Gasteiger partial charge is 0.455 e. The Morgan fingerprint density at radius 1 is 1.05 bits per heavy atom. The number of nitrogens with one attached hydrogen (secondary N) is 3. The van der Waals surface area contributed by atoms with Gasteiger partial charge in [0.25, 0.3) is 15.9 Å². The molecule has 66 heavy (non-hydrogen) atoms. The number of piperidine rings is 1. The number of hydrogen-bond acceptors (Lipinski definition) is 13. The summed E-state index contributed by atoms with van der Waals surface area (Å²) < 4.78 is 42.1. The molecule has 4 fully saturated rings. The molecule has 17 heteroatoms. The number of aromatic nitrogens is 3. The van der Waals surface area contributed by atoms with Crippen LogP contribution in [0, 0.1) is 21.4 Å². The molecule has 2 aliphatic carbocycles. The fourth-order valence-corrected chi connectivity index (χ4v) is 11.5. The van der Waals surface area contributed by atoms with Gasteiger partial charge < -0.3 is 29.8 Å². The van der Waals surface area contributed by atoms with E-state index in [0.717, 1.165) is 81.5 Å². The minimum Gasteiger partial charge on any atom is -0.455 e. The van der Waals surface area contributed by atoms with Crippen molar-refractivity contribution >= 4 is 44.2 Å². The molecule has 2 saturated carbocycles. The highest BCUT2D eigenvalue weighted by Crippen LogP contribution is 2.53. The summed E-state index contributed by atoms with van der Waals surface area (Å²) in [6.07, 6.45) is 11.5. The van der Waals surface area contributed by atoms with Crippen LogP contribution < -0.4 is 19.7 Å². The molecule has 2 atom stereocenters. The van der Waals surface area contributed by atoms with Gasteiger partial charge in [0.1, 0.15) is 22.0 Å². The zero-order valence-corrected chi connectivity index (χ0v) is 38.9. The number of amides is 1. The zero-order chi connectivity index (χ0) is 46.4. The Hall–Kier alpha value is -5.62. The number of sulfonamides is 1. The van der Waals surface area contributed by atoms with Gasteiger partial charge in [-0.05, 0) is 118 Å². The Bertz CT molecular complexity index is 2700. The molecule has 3 aromatic heterocycles. The molecule has 350 valence electrons. The van der Waals surface area contributed by atoms with Gasteiger partial charge in [0.15, 0.2) is 0 Å². The number of ether oxygens (including phenoxy) is 2. The van der Waals surface area contributed by atoms with Crippen LogP contribution in [0.5, 0.6) is 11.5 Å². The summed E-state index contributed by atoms with van der Waals surface area (Å²) in [6.45, 7) is 12.1. The topological polar surface area (TPSA) is 205 Å². The van der Waals surface area contributed by atoms with Crippen molar-refractivity contribution < 1.29 is 32.7 Å². The number of aliphatic hydroxyl groups is 1. The summed E-state index contributed by atoms with van der Waals surface area (Å²) in [5.41, 5.74) is 3.18. The van der Waals surface area contributed by atoms with E-state index in [1.165, 1.54) is 17.3 Å². The molecule has 1 amide bonds. The fraction of sp³-hybridized carbons (Fsp3) is 0.490. The Kier molecular flexibility index (Phi) is 12.6. The fourth-order valence-electron chi connectivity index (χ4n) is 10.6. The lowest BCUT2D eigenvalue weighted by Crippen LogP contribution is -2.59. The van der Waals surface area contributed by atoms with Crippen LogP contribution in [0.25, 0.3) is 11.0 Å². The number of nitro groups is 1. The second-order valence-corrected chi connectivity index (χ2v) is 21.3. The van der Waals surface area contributed by atoms with E-state index in [1.807, 2.05) is 6.07 Å². The van der Waals surface area contributed by atoms with E-state index >= 15 is 0 Å². The highest BCUT2D eigenvalue weighted by Gasteiger charge is 2.50. The molecule has 9 rings (SSSR count). The van der Waals surface area contributed by atoms with E-state index in [0.29, 0.717) is 49.3 Å². The third-order valence-corrected chi connectivity index (χ3v) is 15.8. The number of rotatable bonds is 13. The first-order chi connectivity index (χ1) is 31.6. The van der Waals surface area contributed by atoms with E-state index in [-0.39, 0.29) is 40.6 Å². The summed E-state index contributed by atoms with van der Waals surface area (Å²) in [5, 5.41) is 26.2. The molecule has 2 saturated heterocycles. The maximum absolute atomic E-state index is 14.0. The maximum Gasteiger partial charge on any atom is 0.312 e. The van der Waals surface area contributed by atoms with Crippen LogP contribution in [0.15, 0.2) is 84.1 Å². The number of H-pyrrole nitrogens is 1. The zero-order valence-electron chi connectivity index (χ0n) is 38.0. The first-order valence-electron chi connectivity index (χ1n) is 23.2. The van der Waals surface area contributed by atoms with Crippen LogP contribution in [0.2, 0.25) is 0 Å². The van der Waals surface area contributed by atoms with Gasteiger partial charge in [0.05, 0.1) is 47.2 Å². The van der Waals surface area contributed by atoms with E-state index < -0.39 is 37.0 Å². The Morgan fingerprint density at radius 2 is 1.80 bits per heavy atom. The van der Waals surface area contributed by atoms with Gasteiger partial charge in [-0.1, -0.05) is 38.1 Å². The maximum atomic E-state index is 14.0. The Balaban J connectivity index is 0.901. The number of hydrogen-bond donors (Lipinski definition) is 4. The van der Waals surface area contributed by atoms with Crippen LogP contribution in [-0.2, 0) is 14.8 Å². The second kappa shape index (κ2) is 18.2. The number of aromatic amines is 1. The molecule has 1 spiro atoms. The third-order valence-electron chi connectivity index (χ3n) is 14.5. The predicted octanol–water partition coefficient (Wildman–Crippen LogP) is 8.46.